The van der Waals surface area contributed by atoms with Gasteiger partial charge in [-0.15, -0.1) is 0 Å². The highest BCUT2D eigenvalue weighted by atomic mass is 79.9. The van der Waals surface area contributed by atoms with E-state index in [4.69, 9.17) is 21.1 Å². The van der Waals surface area contributed by atoms with Crippen LogP contribution in [0.4, 0.5) is 15.8 Å². The van der Waals surface area contributed by atoms with Crippen LogP contribution in [0.2, 0.25) is 5.02 Å². The Morgan fingerprint density at radius 2 is 2.20 bits per heavy atom. The van der Waals surface area contributed by atoms with Crippen LogP contribution in [-0.2, 0) is 4.79 Å². The number of aliphatic hydroxyl groups is 2. The second-order valence-corrected chi connectivity index (χ2v) is 8.61. The van der Waals surface area contributed by atoms with Crippen molar-refractivity contribution in [2.24, 2.45) is 0 Å². The highest BCUT2D eigenvalue weighted by Gasteiger charge is 2.42. The Morgan fingerprint density at radius 1 is 1.40 bits per heavy atom. The average molecular weight is 502 g/mol. The van der Waals surface area contributed by atoms with Crippen molar-refractivity contribution in [1.29, 1.82) is 0 Å². The number of piperidine rings is 1. The lowest BCUT2D eigenvalue weighted by Crippen LogP contribution is -2.58. The molecule has 0 saturated carbocycles. The summed E-state index contributed by atoms with van der Waals surface area (Å²) in [4.78, 5) is 13.2. The first-order valence-corrected chi connectivity index (χ1v) is 10.4. The van der Waals surface area contributed by atoms with Crippen LogP contribution in [0.15, 0.2) is 34.8 Å². The van der Waals surface area contributed by atoms with Gasteiger partial charge in [-0.2, -0.15) is 0 Å². The van der Waals surface area contributed by atoms with Gasteiger partial charge in [-0.05, 0) is 36.8 Å². The molecule has 1 saturated heterocycles. The molecule has 2 aromatic carbocycles. The highest BCUT2D eigenvalue weighted by molar-refractivity contribution is 9.10. The van der Waals surface area contributed by atoms with E-state index >= 15 is 0 Å². The fourth-order valence-electron chi connectivity index (χ4n) is 3.52. The van der Waals surface area contributed by atoms with Gasteiger partial charge >= 0.3 is 0 Å². The van der Waals surface area contributed by atoms with Gasteiger partial charge < -0.3 is 29.9 Å². The summed E-state index contributed by atoms with van der Waals surface area (Å²) in [5, 5.41) is 24.5. The number of nitrogens with one attached hydrogen (secondary N) is 1. The SMILES string of the molecule is O=C1COc2c(OC[C@]3(O)CCN(c4ccc(Br)cc4F)C[C@H]3O)ccc(Cl)c2N1. The van der Waals surface area contributed by atoms with Crippen molar-refractivity contribution in [2.75, 3.05) is 36.5 Å². The Hall–Kier alpha value is -2.07. The molecule has 2 aliphatic rings. The number of hydrogen-bond donors (Lipinski definition) is 3. The minimum atomic E-state index is -1.53. The van der Waals surface area contributed by atoms with Gasteiger partial charge in [0.25, 0.3) is 5.91 Å². The predicted molar refractivity (Wildman–Crippen MR) is 113 cm³/mol. The number of anilines is 2. The second-order valence-electron chi connectivity index (χ2n) is 7.29. The zero-order valence-electron chi connectivity index (χ0n) is 15.7. The number of benzene rings is 2. The Labute approximate surface area is 185 Å². The van der Waals surface area contributed by atoms with Crippen molar-refractivity contribution in [1.82, 2.24) is 0 Å². The molecule has 0 radical (unpaired) electrons. The van der Waals surface area contributed by atoms with Crippen molar-refractivity contribution >= 4 is 44.8 Å². The maximum Gasteiger partial charge on any atom is 0.262 e. The molecule has 2 aliphatic heterocycles. The molecule has 3 N–H and O–H groups in total. The maximum atomic E-state index is 14.2. The summed E-state index contributed by atoms with van der Waals surface area (Å²) in [6, 6.07) is 7.81. The van der Waals surface area contributed by atoms with Crippen LogP contribution in [0.3, 0.4) is 0 Å². The maximum absolute atomic E-state index is 14.2. The third-order valence-electron chi connectivity index (χ3n) is 5.24. The first-order valence-electron chi connectivity index (χ1n) is 9.25. The molecule has 2 aromatic rings. The number of fused-ring (bicyclic) bond motifs is 1. The summed E-state index contributed by atoms with van der Waals surface area (Å²) in [6.45, 7) is -0.00896. The minimum absolute atomic E-state index is 0.0453. The van der Waals surface area contributed by atoms with E-state index in [-0.39, 0.29) is 43.6 Å². The third-order valence-corrected chi connectivity index (χ3v) is 6.05. The smallest absolute Gasteiger partial charge is 0.262 e. The van der Waals surface area contributed by atoms with Gasteiger partial charge in [0.2, 0.25) is 0 Å². The van der Waals surface area contributed by atoms with Crippen LogP contribution in [-0.4, -0.2) is 54.1 Å². The molecule has 0 spiro atoms. The summed E-state index contributed by atoms with van der Waals surface area (Å²) in [7, 11) is 0. The fraction of sp³-hybridized carbons (Fsp3) is 0.350. The normalized spacial score (nSPS) is 23.4. The lowest BCUT2D eigenvalue weighted by atomic mass is 9.89. The number of carbonyl (C=O) groups excluding carboxylic acids is 1. The minimum Gasteiger partial charge on any atom is -0.486 e. The topological polar surface area (TPSA) is 91.3 Å². The molecule has 10 heteroatoms. The van der Waals surface area contributed by atoms with E-state index < -0.39 is 17.5 Å². The quantitative estimate of drug-likeness (QED) is 0.597. The van der Waals surface area contributed by atoms with E-state index in [1.165, 1.54) is 6.07 Å². The van der Waals surface area contributed by atoms with E-state index in [1.807, 2.05) is 0 Å². The number of carbonyl (C=O) groups is 1. The Kier molecular flexibility index (Phi) is 5.80. The second kappa shape index (κ2) is 8.22. The van der Waals surface area contributed by atoms with Crippen LogP contribution < -0.4 is 19.7 Å². The number of β-amino-alcohol motifs (C(OH)–C–C–N with tert-alkyl or cyclic N) is 1. The molecule has 7 nitrogen and oxygen atoms in total. The molecule has 0 aliphatic carbocycles. The van der Waals surface area contributed by atoms with Gasteiger partial charge in [-0.1, -0.05) is 27.5 Å². The van der Waals surface area contributed by atoms with Gasteiger partial charge in [-0.25, -0.2) is 4.39 Å². The van der Waals surface area contributed by atoms with Crippen LogP contribution in [0, 0.1) is 5.82 Å². The Bertz CT molecular complexity index is 994. The summed E-state index contributed by atoms with van der Waals surface area (Å²) < 4.78 is 26.0. The number of amides is 1. The first-order chi connectivity index (χ1) is 14.3. The molecule has 1 fully saturated rings. The van der Waals surface area contributed by atoms with Crippen molar-refractivity contribution in [3.05, 3.63) is 45.6 Å². The molecule has 4 rings (SSSR count). The van der Waals surface area contributed by atoms with E-state index in [0.29, 0.717) is 27.4 Å². The Morgan fingerprint density at radius 3 is 2.93 bits per heavy atom. The van der Waals surface area contributed by atoms with E-state index in [0.717, 1.165) is 0 Å². The lowest BCUT2D eigenvalue weighted by molar-refractivity contribution is -0.118. The number of hydrogen-bond acceptors (Lipinski definition) is 6. The van der Waals surface area contributed by atoms with Gasteiger partial charge in [0, 0.05) is 17.6 Å². The molecule has 0 unspecified atom stereocenters. The molecular formula is C20H19BrClFN2O5. The summed E-state index contributed by atoms with van der Waals surface area (Å²) in [5.41, 5.74) is -0.873. The van der Waals surface area contributed by atoms with Crippen LogP contribution >= 0.6 is 27.5 Å². The molecule has 160 valence electrons. The number of aliphatic hydroxyl groups excluding tert-OH is 1. The number of nitrogens with zero attached hydrogens (tertiary/aromatic N) is 1. The van der Waals surface area contributed by atoms with E-state index in [9.17, 15) is 19.4 Å². The first kappa shape index (κ1) is 21.2. The number of halogens is 3. The number of rotatable bonds is 4. The molecular weight excluding hydrogens is 483 g/mol. The van der Waals surface area contributed by atoms with Gasteiger partial charge in [0.05, 0.1) is 10.7 Å². The van der Waals surface area contributed by atoms with Crippen LogP contribution in [0.25, 0.3) is 0 Å². The van der Waals surface area contributed by atoms with Gasteiger partial charge in [0.1, 0.15) is 29.8 Å². The van der Waals surface area contributed by atoms with E-state index in [2.05, 4.69) is 21.2 Å². The van der Waals surface area contributed by atoms with Crippen molar-refractivity contribution in [2.45, 2.75) is 18.1 Å². The van der Waals surface area contributed by atoms with Crippen LogP contribution in [0.5, 0.6) is 11.5 Å². The van der Waals surface area contributed by atoms with Crippen LogP contribution in [0.1, 0.15) is 6.42 Å². The molecule has 2 heterocycles. The third kappa shape index (κ3) is 4.07. The van der Waals surface area contributed by atoms with Crippen molar-refractivity contribution < 1.29 is 28.9 Å². The lowest BCUT2D eigenvalue weighted by Gasteiger charge is -2.42. The van der Waals surface area contributed by atoms with Crippen molar-refractivity contribution in [3.63, 3.8) is 0 Å². The summed E-state index contributed by atoms with van der Waals surface area (Å²) >= 11 is 9.32. The standard InChI is InChI=1S/C20H19BrClFN2O5/c21-11-1-3-14(13(23)7-11)25-6-5-20(28,16(26)8-25)10-30-15-4-2-12(22)18-19(15)29-9-17(27)24-18/h1-4,7,16,26,28H,5-6,8-10H2,(H,24,27)/t16-,20-/m1/s1. The van der Waals surface area contributed by atoms with Crippen molar-refractivity contribution in [3.8, 4) is 11.5 Å². The molecule has 0 bridgehead atoms. The molecule has 2 atom stereocenters. The number of ether oxygens (including phenoxy) is 2. The zero-order chi connectivity index (χ0) is 21.5. The van der Waals surface area contributed by atoms with E-state index in [1.54, 1.807) is 29.2 Å². The largest absolute Gasteiger partial charge is 0.486 e. The predicted octanol–water partition coefficient (Wildman–Crippen LogP) is 2.95. The summed E-state index contributed by atoms with van der Waals surface area (Å²) in [5.74, 6) is -0.181. The summed E-state index contributed by atoms with van der Waals surface area (Å²) in [6.07, 6.45) is -1.00. The Balaban J connectivity index is 1.46. The molecule has 1 amide bonds. The zero-order valence-corrected chi connectivity index (χ0v) is 18.0. The van der Waals surface area contributed by atoms with Gasteiger partial charge in [0.15, 0.2) is 18.1 Å². The fourth-order valence-corrected chi connectivity index (χ4v) is 4.05. The molecule has 0 aromatic heterocycles. The highest BCUT2D eigenvalue weighted by Crippen LogP contribution is 2.43. The van der Waals surface area contributed by atoms with Gasteiger partial charge in [-0.3, -0.25) is 4.79 Å². The monoisotopic (exact) mass is 500 g/mol. The average Bonchev–Trinajstić information content (AvgIpc) is 2.70. The molecule has 30 heavy (non-hydrogen) atoms.